The number of benzene rings is 1. The first-order valence-corrected chi connectivity index (χ1v) is 7.39. The number of carbonyl (C=O) groups is 1. The molecule has 0 aliphatic rings. The highest BCUT2D eigenvalue weighted by atomic mass is 16.5. The molecule has 0 aliphatic carbocycles. The Morgan fingerprint density at radius 2 is 2.22 bits per heavy atom. The standard InChI is InChI=1S/C16H21N3O4/c1-23-9-3-7-19-10-11(16(22)18-6-8-20)15(21)14-12(17)4-2-5-13(14)19/h2,4-5,10,20H,3,6-9,17H2,1H3,(H,18,22). The van der Waals surface area contributed by atoms with Crippen molar-refractivity contribution in [2.75, 3.05) is 32.6 Å². The molecule has 1 heterocycles. The lowest BCUT2D eigenvalue weighted by atomic mass is 10.1. The topological polar surface area (TPSA) is 107 Å². The number of fused-ring (bicyclic) bond motifs is 1. The third-order valence-corrected chi connectivity index (χ3v) is 3.53. The number of rotatable bonds is 7. The monoisotopic (exact) mass is 319 g/mol. The number of carbonyl (C=O) groups excluding carboxylic acids is 1. The van der Waals surface area contributed by atoms with Crippen LogP contribution in [0.5, 0.6) is 0 Å². The third kappa shape index (κ3) is 3.69. The van der Waals surface area contributed by atoms with Gasteiger partial charge in [-0.25, -0.2) is 0 Å². The number of methoxy groups -OCH3 is 1. The predicted molar refractivity (Wildman–Crippen MR) is 88.5 cm³/mol. The van der Waals surface area contributed by atoms with E-state index in [0.717, 1.165) is 6.42 Å². The molecule has 0 saturated heterocycles. The second-order valence-corrected chi connectivity index (χ2v) is 5.13. The van der Waals surface area contributed by atoms with E-state index in [1.165, 1.54) is 6.20 Å². The van der Waals surface area contributed by atoms with Gasteiger partial charge in [-0.2, -0.15) is 0 Å². The molecule has 0 saturated carbocycles. The average molecular weight is 319 g/mol. The number of pyridine rings is 1. The summed E-state index contributed by atoms with van der Waals surface area (Å²) in [6.07, 6.45) is 2.27. The number of hydrogen-bond donors (Lipinski definition) is 3. The Kier molecular flexibility index (Phi) is 5.72. The number of nitrogens with zero attached hydrogens (tertiary/aromatic N) is 1. The van der Waals surface area contributed by atoms with E-state index in [0.29, 0.717) is 29.7 Å². The fraction of sp³-hybridized carbons (Fsp3) is 0.375. The highest BCUT2D eigenvalue weighted by molar-refractivity contribution is 6.00. The molecule has 4 N–H and O–H groups in total. The lowest BCUT2D eigenvalue weighted by molar-refractivity contribution is 0.0943. The highest BCUT2D eigenvalue weighted by Gasteiger charge is 2.16. The van der Waals surface area contributed by atoms with Gasteiger partial charge in [-0.05, 0) is 18.6 Å². The summed E-state index contributed by atoms with van der Waals surface area (Å²) in [4.78, 5) is 24.8. The molecule has 124 valence electrons. The van der Waals surface area contributed by atoms with Gasteiger partial charge in [-0.3, -0.25) is 9.59 Å². The second-order valence-electron chi connectivity index (χ2n) is 5.13. The van der Waals surface area contributed by atoms with Crippen molar-refractivity contribution in [3.8, 4) is 0 Å². The lowest BCUT2D eigenvalue weighted by Crippen LogP contribution is -2.32. The fourth-order valence-electron chi connectivity index (χ4n) is 2.45. The number of nitrogen functional groups attached to an aromatic ring is 1. The summed E-state index contributed by atoms with van der Waals surface area (Å²) in [6.45, 7) is 1.06. The number of aromatic nitrogens is 1. The van der Waals surface area contributed by atoms with Crippen LogP contribution in [0.15, 0.2) is 29.2 Å². The number of nitrogens with two attached hydrogens (primary N) is 1. The molecule has 1 aromatic carbocycles. The number of amides is 1. The molecular formula is C16H21N3O4. The number of ether oxygens (including phenoxy) is 1. The van der Waals surface area contributed by atoms with Gasteiger partial charge in [0.05, 0.1) is 17.5 Å². The number of hydrogen-bond acceptors (Lipinski definition) is 5. The van der Waals surface area contributed by atoms with Crippen LogP contribution in [-0.2, 0) is 11.3 Å². The Hall–Kier alpha value is -2.38. The van der Waals surface area contributed by atoms with Gasteiger partial charge in [0.15, 0.2) is 0 Å². The van der Waals surface area contributed by atoms with Gasteiger partial charge >= 0.3 is 0 Å². The number of aliphatic hydroxyl groups excluding tert-OH is 1. The van der Waals surface area contributed by atoms with Crippen LogP contribution in [0, 0.1) is 0 Å². The van der Waals surface area contributed by atoms with Crippen LogP contribution < -0.4 is 16.5 Å². The maximum Gasteiger partial charge on any atom is 0.256 e. The third-order valence-electron chi connectivity index (χ3n) is 3.53. The van der Waals surface area contributed by atoms with E-state index >= 15 is 0 Å². The summed E-state index contributed by atoms with van der Waals surface area (Å²) >= 11 is 0. The van der Waals surface area contributed by atoms with Crippen molar-refractivity contribution >= 4 is 22.5 Å². The molecule has 0 bridgehead atoms. The summed E-state index contributed by atoms with van der Waals surface area (Å²) in [5.41, 5.74) is 6.57. The molecule has 1 aromatic heterocycles. The van der Waals surface area contributed by atoms with Gasteiger partial charge in [0.2, 0.25) is 5.43 Å². The summed E-state index contributed by atoms with van der Waals surface area (Å²) in [6, 6.07) is 5.21. The molecule has 0 aliphatic heterocycles. The van der Waals surface area contributed by atoms with Crippen LogP contribution in [0.25, 0.3) is 10.9 Å². The fourth-order valence-corrected chi connectivity index (χ4v) is 2.45. The maximum atomic E-state index is 12.6. The van der Waals surface area contributed by atoms with Gasteiger partial charge < -0.3 is 25.5 Å². The zero-order valence-electron chi connectivity index (χ0n) is 13.0. The van der Waals surface area contributed by atoms with Gasteiger partial charge in [0, 0.05) is 38.7 Å². The van der Waals surface area contributed by atoms with Crippen LogP contribution in [0.3, 0.4) is 0 Å². The number of anilines is 1. The lowest BCUT2D eigenvalue weighted by Gasteiger charge is -2.14. The molecule has 0 fully saturated rings. The molecule has 0 spiro atoms. The number of nitrogens with one attached hydrogen (secondary N) is 1. The number of aryl methyl sites for hydroxylation is 1. The Balaban J connectivity index is 2.55. The van der Waals surface area contributed by atoms with E-state index in [1.807, 2.05) is 4.57 Å². The predicted octanol–water partition coefficient (Wildman–Crippen LogP) is 0.342. The highest BCUT2D eigenvalue weighted by Crippen LogP contribution is 2.18. The largest absolute Gasteiger partial charge is 0.398 e. The SMILES string of the molecule is COCCCn1cc(C(=O)NCCO)c(=O)c2c(N)cccc21. The van der Waals surface area contributed by atoms with Crippen molar-refractivity contribution in [1.29, 1.82) is 0 Å². The van der Waals surface area contributed by atoms with Gasteiger partial charge in [0.1, 0.15) is 5.56 Å². The molecule has 0 unspecified atom stereocenters. The molecule has 0 radical (unpaired) electrons. The van der Waals surface area contributed by atoms with Crippen LogP contribution in [0.4, 0.5) is 5.69 Å². The van der Waals surface area contributed by atoms with E-state index in [-0.39, 0.29) is 18.7 Å². The van der Waals surface area contributed by atoms with Gasteiger partial charge in [-0.15, -0.1) is 0 Å². The van der Waals surface area contributed by atoms with Crippen molar-refractivity contribution in [3.05, 3.63) is 40.2 Å². The normalized spacial score (nSPS) is 10.9. The Morgan fingerprint density at radius 3 is 2.91 bits per heavy atom. The molecule has 2 rings (SSSR count). The van der Waals surface area contributed by atoms with Crippen LogP contribution in [0.1, 0.15) is 16.8 Å². The Morgan fingerprint density at radius 1 is 1.43 bits per heavy atom. The molecule has 7 heteroatoms. The summed E-state index contributed by atoms with van der Waals surface area (Å²) in [7, 11) is 1.62. The molecule has 7 nitrogen and oxygen atoms in total. The first-order chi connectivity index (χ1) is 11.1. The first kappa shape index (κ1) is 17.0. The second kappa shape index (κ2) is 7.75. The minimum Gasteiger partial charge on any atom is -0.398 e. The molecule has 23 heavy (non-hydrogen) atoms. The van der Waals surface area contributed by atoms with Crippen LogP contribution >= 0.6 is 0 Å². The van der Waals surface area contributed by atoms with E-state index in [9.17, 15) is 9.59 Å². The van der Waals surface area contributed by atoms with E-state index in [2.05, 4.69) is 5.32 Å². The van der Waals surface area contributed by atoms with Crippen molar-refractivity contribution in [1.82, 2.24) is 9.88 Å². The van der Waals surface area contributed by atoms with Crippen LogP contribution in [-0.4, -0.2) is 42.4 Å². The van der Waals surface area contributed by atoms with Crippen molar-refractivity contribution in [2.24, 2.45) is 0 Å². The molecule has 2 aromatic rings. The van der Waals surface area contributed by atoms with Gasteiger partial charge in [0.25, 0.3) is 5.91 Å². The van der Waals surface area contributed by atoms with Crippen molar-refractivity contribution in [2.45, 2.75) is 13.0 Å². The first-order valence-electron chi connectivity index (χ1n) is 7.39. The minimum absolute atomic E-state index is 0.0151. The summed E-state index contributed by atoms with van der Waals surface area (Å²) in [5.74, 6) is -0.519. The van der Waals surface area contributed by atoms with E-state index in [4.69, 9.17) is 15.6 Å². The zero-order valence-corrected chi connectivity index (χ0v) is 13.0. The maximum absolute atomic E-state index is 12.6. The summed E-state index contributed by atoms with van der Waals surface area (Å²) in [5, 5.41) is 11.6. The molecule has 1 amide bonds. The van der Waals surface area contributed by atoms with Crippen molar-refractivity contribution in [3.63, 3.8) is 0 Å². The van der Waals surface area contributed by atoms with Crippen LogP contribution in [0.2, 0.25) is 0 Å². The van der Waals surface area contributed by atoms with Crippen molar-refractivity contribution < 1.29 is 14.6 Å². The Bertz CT molecular complexity index is 755. The zero-order chi connectivity index (χ0) is 16.8. The summed E-state index contributed by atoms with van der Waals surface area (Å²) < 4.78 is 6.88. The average Bonchev–Trinajstić information content (AvgIpc) is 2.54. The Labute approximate surface area is 133 Å². The molecule has 0 atom stereocenters. The van der Waals surface area contributed by atoms with E-state index < -0.39 is 11.3 Å². The quantitative estimate of drug-likeness (QED) is 0.504. The van der Waals surface area contributed by atoms with E-state index in [1.54, 1.807) is 25.3 Å². The number of aliphatic hydroxyl groups is 1. The minimum atomic E-state index is -0.519. The van der Waals surface area contributed by atoms with Gasteiger partial charge in [-0.1, -0.05) is 6.07 Å². The smallest absolute Gasteiger partial charge is 0.256 e. The molecular weight excluding hydrogens is 298 g/mol.